The van der Waals surface area contributed by atoms with Crippen LogP contribution in [0, 0.1) is 76.2 Å². The van der Waals surface area contributed by atoms with E-state index < -0.39 is 0 Å². The van der Waals surface area contributed by atoms with Crippen LogP contribution >= 0.6 is 34.0 Å². The van der Waals surface area contributed by atoms with Gasteiger partial charge in [0, 0.05) is 114 Å². The fourth-order valence-electron chi connectivity index (χ4n) is 12.2. The molecule has 11 aromatic heterocycles. The van der Waals surface area contributed by atoms with Crippen molar-refractivity contribution in [2.45, 2.75) is 89.5 Å². The third-order valence-corrected chi connectivity index (χ3v) is 21.0. The van der Waals surface area contributed by atoms with Crippen molar-refractivity contribution in [3.8, 4) is 0 Å². The van der Waals surface area contributed by atoms with Gasteiger partial charge in [-0.2, -0.15) is 0 Å². The Labute approximate surface area is 707 Å². The van der Waals surface area contributed by atoms with E-state index in [2.05, 4.69) is 244 Å². The number of benzene rings is 10. The van der Waals surface area contributed by atoms with Crippen molar-refractivity contribution < 1.29 is 8.99 Å². The Hall–Kier alpha value is -13.7. The molecule has 0 amide bonds. The number of aromatic amines is 1. The van der Waals surface area contributed by atoms with Gasteiger partial charge in [0.1, 0.15) is 18.4 Å². The predicted octanol–water partition coefficient (Wildman–Crippen LogP) is 26.1. The zero-order chi connectivity index (χ0) is 83.7. The number of aryl methyl sites for hydroxylation is 11. The van der Waals surface area contributed by atoms with Crippen molar-refractivity contribution in [1.29, 1.82) is 0 Å². The number of pyridine rings is 5. The van der Waals surface area contributed by atoms with E-state index >= 15 is 0 Å². The molecule has 18 heteroatoms. The number of para-hydroxylation sites is 7. The maximum Gasteiger partial charge on any atom is 0.208 e. The molecule has 0 spiro atoms. The summed E-state index contributed by atoms with van der Waals surface area (Å²) in [6.07, 6.45) is 17.0. The van der Waals surface area contributed by atoms with E-state index in [9.17, 15) is 0 Å². The van der Waals surface area contributed by atoms with Crippen molar-refractivity contribution in [1.82, 2.24) is 64.8 Å². The highest BCUT2D eigenvalue weighted by atomic mass is 32.1. The lowest BCUT2D eigenvalue weighted by Crippen LogP contribution is -2.02. The lowest BCUT2D eigenvalue weighted by atomic mass is 10.1. The summed E-state index contributed by atoms with van der Waals surface area (Å²) in [5, 5.41) is 11.0. The first-order valence-corrected chi connectivity index (χ1v) is 41.5. The Morgan fingerprint density at radius 2 is 0.924 bits per heavy atom. The minimum atomic E-state index is 0.723. The molecule has 0 atom stereocenters. The second kappa shape index (κ2) is 44.5. The van der Waals surface area contributed by atoms with Gasteiger partial charge in [0.15, 0.2) is 17.2 Å². The van der Waals surface area contributed by atoms with E-state index in [1.54, 1.807) is 77.4 Å². The minimum absolute atomic E-state index is 0.723. The highest BCUT2D eigenvalue weighted by Crippen LogP contribution is 2.31. The van der Waals surface area contributed by atoms with E-state index in [4.69, 9.17) is 4.42 Å². The number of hydrogen-bond donors (Lipinski definition) is 1. The maximum absolute atomic E-state index is 5.26. The summed E-state index contributed by atoms with van der Waals surface area (Å²) in [4.78, 5) is 53.0. The number of thiazole rings is 3. The van der Waals surface area contributed by atoms with E-state index in [1.807, 2.05) is 207 Å². The zero-order valence-electron chi connectivity index (χ0n) is 69.4. The smallest absolute Gasteiger partial charge is 0.208 e. The number of imidazole rings is 1. The number of aromatic nitrogens is 13. The number of fused-ring (bicyclic) bond motifs is 12. The minimum Gasteiger partial charge on any atom is -0.441 e. The molecule has 0 aliphatic carbocycles. The van der Waals surface area contributed by atoms with E-state index in [0.717, 1.165) is 100.0 Å². The van der Waals surface area contributed by atoms with Crippen molar-refractivity contribution >= 4 is 142 Å². The molecule has 0 fully saturated rings. The quantitative estimate of drug-likeness (QED) is 0.141. The molecule has 1 aliphatic heterocycles. The van der Waals surface area contributed by atoms with Crippen LogP contribution in [-0.2, 0) is 6.42 Å². The van der Waals surface area contributed by atoms with E-state index in [-0.39, 0.29) is 0 Å². The first kappa shape index (κ1) is 86.2. The molecule has 22 rings (SSSR count). The first-order chi connectivity index (χ1) is 57.9. The molecule has 594 valence electrons. The Balaban J connectivity index is 0.000000128. The molecule has 12 heterocycles. The van der Waals surface area contributed by atoms with Gasteiger partial charge in [-0.1, -0.05) is 170 Å². The fourth-order valence-corrected chi connectivity index (χ4v) is 14.8. The Morgan fingerprint density at radius 3 is 1.59 bits per heavy atom. The number of rotatable bonds is 0. The number of hydrogen-bond acceptors (Lipinski definition) is 16. The summed E-state index contributed by atoms with van der Waals surface area (Å²) < 4.78 is 11.4. The van der Waals surface area contributed by atoms with E-state index in [1.165, 1.54) is 80.1 Å². The topological polar surface area (TPSA) is 187 Å². The summed E-state index contributed by atoms with van der Waals surface area (Å²) in [5.41, 5.74) is 20.6. The molecule has 0 bridgehead atoms. The van der Waals surface area contributed by atoms with Crippen LogP contribution in [0.3, 0.4) is 0 Å². The maximum atomic E-state index is 5.26. The molecule has 0 saturated heterocycles. The molecule has 10 aromatic carbocycles. The summed E-state index contributed by atoms with van der Waals surface area (Å²) in [6, 6.07) is 94.2. The monoisotopic (exact) mass is 1620 g/mol. The summed E-state index contributed by atoms with van der Waals surface area (Å²) in [6.45, 7) is 24.2. The highest BCUT2D eigenvalue weighted by Gasteiger charge is 2.22. The second-order valence-corrected chi connectivity index (χ2v) is 31.5. The van der Waals surface area contributed by atoms with Gasteiger partial charge < -0.3 is 9.40 Å². The van der Waals surface area contributed by atoms with Gasteiger partial charge in [-0.3, -0.25) is 34.9 Å². The van der Waals surface area contributed by atoms with Crippen LogP contribution in [0.4, 0.5) is 5.69 Å². The van der Waals surface area contributed by atoms with Gasteiger partial charge in [-0.05, 0) is 200 Å². The Bertz CT molecular complexity index is 6120. The second-order valence-electron chi connectivity index (χ2n) is 27.8. The van der Waals surface area contributed by atoms with Gasteiger partial charge in [-0.25, -0.2) is 29.5 Å². The van der Waals surface area contributed by atoms with Gasteiger partial charge in [0.25, 0.3) is 0 Å². The van der Waals surface area contributed by atoms with Gasteiger partial charge in [0.2, 0.25) is 5.69 Å². The van der Waals surface area contributed by atoms with Crippen molar-refractivity contribution in [2.75, 3.05) is 7.05 Å². The zero-order valence-corrected chi connectivity index (χ0v) is 71.9. The standard InChI is InChI=1S/2C12H9NS.C10H12N.2C10H9N.C8H8N2.C8H7NO.C8H7NS.3C6H7N.C5H6N2/c1-8-13-12-10-5-3-2-4-9(10)6-7-11(12)14-8;1-8-13-11-7-6-9-4-2-3-5-10(9)12(11)14-8;1-8-7-9-5-3-4-6-10(9)11(8)2;1-8-4-5-9-3-2-6-11-10(9)7-8;1-8-6-7-9-4-2-3-5-10(9)11-8;3*1-6-9-7-4-2-3-5-8(7)10-6;1-6-2-4-7-5-3-6;1-6-3-2-4-7-5-6;1-6-4-2-3-5-7-6;1-5-4-6-2-3-7-5/h2*2-7H,1H3;3-6H,7H2,1-2H3;2*2-7H,1H3;2-5H,1H3,(H,9,10);2*2-5H,1H3;3*2-5H,1H3;2-4H,1H3/q;;+1;;;;;;;;;. The lowest BCUT2D eigenvalue weighted by molar-refractivity contribution is -0.402. The molecular weight excluding hydrogens is 1520 g/mol. The molecule has 0 saturated carbocycles. The van der Waals surface area contributed by atoms with Crippen molar-refractivity contribution in [3.63, 3.8) is 0 Å². The van der Waals surface area contributed by atoms with Gasteiger partial charge >= 0.3 is 0 Å². The normalized spacial score (nSPS) is 10.7. The number of nitrogens with one attached hydrogen (secondary N) is 1. The molecule has 1 aliphatic rings. The molecule has 1 N–H and O–H groups in total. The number of nitrogens with zero attached hydrogens (tertiary/aromatic N) is 13. The fraction of sp³-hybridized carbons (Fsp3) is 0.139. The van der Waals surface area contributed by atoms with Crippen LogP contribution in [0.15, 0.2) is 339 Å². The number of oxazole rings is 1. The van der Waals surface area contributed by atoms with Crippen LogP contribution < -0.4 is 0 Å². The molecule has 119 heavy (non-hydrogen) atoms. The third kappa shape index (κ3) is 26.7. The van der Waals surface area contributed by atoms with E-state index in [0.29, 0.717) is 0 Å². The average molecular weight is 1620 g/mol. The number of H-pyrrole nitrogens is 1. The van der Waals surface area contributed by atoms with Crippen LogP contribution in [-0.4, -0.2) is 82.1 Å². The molecule has 15 nitrogen and oxygen atoms in total. The van der Waals surface area contributed by atoms with Crippen LogP contribution in [0.2, 0.25) is 0 Å². The largest absolute Gasteiger partial charge is 0.441 e. The van der Waals surface area contributed by atoms with Crippen LogP contribution in [0.25, 0.3) is 96.1 Å². The summed E-state index contributed by atoms with van der Waals surface area (Å²) in [7, 11) is 2.13. The predicted molar refractivity (Wildman–Crippen MR) is 501 cm³/mol. The average Bonchev–Trinajstić information content (AvgIpc) is 1.76. The molecule has 21 aromatic rings. The molecule has 0 unspecified atom stereocenters. The summed E-state index contributed by atoms with van der Waals surface area (Å²) >= 11 is 5.27. The highest BCUT2D eigenvalue weighted by molar-refractivity contribution is 7.19. The van der Waals surface area contributed by atoms with Crippen LogP contribution in [0.1, 0.15) is 73.0 Å². The van der Waals surface area contributed by atoms with Crippen molar-refractivity contribution in [2.24, 2.45) is 0 Å². The molecule has 0 radical (unpaired) electrons. The van der Waals surface area contributed by atoms with Gasteiger partial charge in [0.05, 0.1) is 79.9 Å². The lowest BCUT2D eigenvalue weighted by Gasteiger charge is -1.96. The Kier molecular flexibility index (Phi) is 32.2. The SMILES string of the molecule is CC1=[N+](C)c2ccccc2C1.Cc1ccc2ccccc2n1.Cc1ccc2cccnc2c1.Cc1ccccn1.Cc1cccnc1.Cc1ccncc1.Cc1cnccn1.Cc1nc2c(ccc3ccccc32)s1.Cc1nc2ccc3ccccc3c2s1.Cc1nc2ccccc2[nH]1.Cc1nc2ccccc2o1.Cc1nc2ccccc2s1. The van der Waals surface area contributed by atoms with Crippen molar-refractivity contribution in [3.05, 3.63) is 401 Å². The molecular formula is C101H97N14OS3+. The van der Waals surface area contributed by atoms with Crippen LogP contribution in [0.5, 0.6) is 0 Å². The summed E-state index contributed by atoms with van der Waals surface area (Å²) in [5.74, 6) is 1.70. The first-order valence-electron chi connectivity index (χ1n) is 39.0. The van der Waals surface area contributed by atoms with Gasteiger partial charge in [-0.15, -0.1) is 34.0 Å². The Morgan fingerprint density at radius 1 is 0.336 bits per heavy atom. The third-order valence-electron chi connectivity index (χ3n) is 18.1.